The number of hydrogen-bond acceptors (Lipinski definition) is 4. The highest BCUT2D eigenvalue weighted by atomic mass is 16.5. The fourth-order valence-electron chi connectivity index (χ4n) is 5.59. The van der Waals surface area contributed by atoms with Crippen molar-refractivity contribution in [2.45, 2.75) is 44.9 Å². The van der Waals surface area contributed by atoms with Crippen LogP contribution >= 0.6 is 0 Å². The molecule has 0 bridgehead atoms. The SMILES string of the molecule is CC(OC[C@H](O)CNC(C)(C)Cc1ccc2ccccc2c1)c1ccccc1-c1ccc(C(=O)O)c(-c2ccccc2)c1. The third-order valence-electron chi connectivity index (χ3n) is 7.86. The van der Waals surface area contributed by atoms with Gasteiger partial charge in [-0.3, -0.25) is 0 Å². The number of benzene rings is 5. The zero-order valence-corrected chi connectivity index (χ0v) is 25.0. The number of aliphatic hydroxyl groups is 1. The van der Waals surface area contributed by atoms with Crippen molar-refractivity contribution in [1.82, 2.24) is 5.32 Å². The fraction of sp³-hybridized carbons (Fsp3) is 0.237. The maximum atomic E-state index is 12.0. The van der Waals surface area contributed by atoms with E-state index in [9.17, 15) is 15.0 Å². The molecule has 5 aromatic rings. The van der Waals surface area contributed by atoms with Gasteiger partial charge in [0.05, 0.1) is 24.4 Å². The lowest BCUT2D eigenvalue weighted by molar-refractivity contribution is -0.00397. The topological polar surface area (TPSA) is 78.8 Å². The van der Waals surface area contributed by atoms with Crippen molar-refractivity contribution in [3.05, 3.63) is 132 Å². The Balaban J connectivity index is 1.23. The molecule has 0 aliphatic rings. The van der Waals surface area contributed by atoms with Gasteiger partial charge in [-0.25, -0.2) is 4.79 Å². The van der Waals surface area contributed by atoms with Crippen LogP contribution in [0.5, 0.6) is 0 Å². The van der Waals surface area contributed by atoms with Crippen LogP contribution in [0.4, 0.5) is 0 Å². The largest absolute Gasteiger partial charge is 0.478 e. The minimum atomic E-state index is -0.960. The van der Waals surface area contributed by atoms with Crippen LogP contribution in [-0.4, -0.2) is 41.0 Å². The third kappa shape index (κ3) is 7.57. The molecule has 0 aromatic heterocycles. The van der Waals surface area contributed by atoms with E-state index in [2.05, 4.69) is 61.6 Å². The first kappa shape index (κ1) is 30.2. The van der Waals surface area contributed by atoms with Crippen LogP contribution in [0.15, 0.2) is 115 Å². The van der Waals surface area contributed by atoms with Gasteiger partial charge in [-0.1, -0.05) is 103 Å². The molecule has 5 aromatic carbocycles. The molecule has 220 valence electrons. The van der Waals surface area contributed by atoms with E-state index in [-0.39, 0.29) is 23.8 Å². The molecular formula is C38H39NO4. The van der Waals surface area contributed by atoms with Crippen molar-refractivity contribution < 1.29 is 19.7 Å². The van der Waals surface area contributed by atoms with Crippen LogP contribution in [-0.2, 0) is 11.2 Å². The smallest absolute Gasteiger partial charge is 0.336 e. The second-order valence-electron chi connectivity index (χ2n) is 11.8. The van der Waals surface area contributed by atoms with Crippen LogP contribution < -0.4 is 5.32 Å². The van der Waals surface area contributed by atoms with E-state index in [1.54, 1.807) is 6.07 Å². The zero-order chi connectivity index (χ0) is 30.4. The van der Waals surface area contributed by atoms with Gasteiger partial charge in [-0.15, -0.1) is 0 Å². The standard InChI is InChI=1S/C38H39NO4/c1-26(43-25-32(40)24-39-38(2,3)23-27-17-18-28-11-7-8-14-30(28)21-27)33-15-9-10-16-34(33)31-19-20-35(37(41)42)36(22-31)29-12-5-4-6-13-29/h4-22,26,32,39-40H,23-25H2,1-3H3,(H,41,42)/t26?,32-/m1/s1. The van der Waals surface area contributed by atoms with Gasteiger partial charge in [-0.05, 0) is 83.5 Å². The van der Waals surface area contributed by atoms with Gasteiger partial charge >= 0.3 is 5.97 Å². The number of fused-ring (bicyclic) bond motifs is 1. The molecular weight excluding hydrogens is 534 g/mol. The number of aromatic carboxylic acids is 1. The Morgan fingerprint density at radius 2 is 1.49 bits per heavy atom. The van der Waals surface area contributed by atoms with E-state index in [0.717, 1.165) is 28.7 Å². The summed E-state index contributed by atoms with van der Waals surface area (Å²) in [6.45, 7) is 6.86. The molecule has 5 heteroatoms. The van der Waals surface area contributed by atoms with Gasteiger partial charge in [0.15, 0.2) is 0 Å². The summed E-state index contributed by atoms with van der Waals surface area (Å²) in [5.74, 6) is -0.960. The van der Waals surface area contributed by atoms with Crippen LogP contribution in [0, 0.1) is 0 Å². The number of hydrogen-bond donors (Lipinski definition) is 3. The highest BCUT2D eigenvalue weighted by Gasteiger charge is 2.21. The quantitative estimate of drug-likeness (QED) is 0.141. The average molecular weight is 574 g/mol. The lowest BCUT2D eigenvalue weighted by Gasteiger charge is -2.28. The molecule has 5 nitrogen and oxygen atoms in total. The first-order valence-corrected chi connectivity index (χ1v) is 14.7. The number of ether oxygens (including phenoxy) is 1. The van der Waals surface area contributed by atoms with E-state index in [0.29, 0.717) is 12.1 Å². The summed E-state index contributed by atoms with van der Waals surface area (Å²) in [6, 6.07) is 37.9. The Labute approximate surface area is 253 Å². The predicted molar refractivity (Wildman–Crippen MR) is 174 cm³/mol. The molecule has 0 spiro atoms. The maximum absolute atomic E-state index is 12.0. The molecule has 43 heavy (non-hydrogen) atoms. The van der Waals surface area contributed by atoms with E-state index in [1.165, 1.54) is 16.3 Å². The van der Waals surface area contributed by atoms with Crippen LogP contribution in [0.25, 0.3) is 33.0 Å². The number of carboxylic acid groups (broad SMARTS) is 1. The van der Waals surface area contributed by atoms with Crippen molar-refractivity contribution in [3.8, 4) is 22.3 Å². The maximum Gasteiger partial charge on any atom is 0.336 e. The molecule has 1 unspecified atom stereocenters. The number of aliphatic hydroxyl groups excluding tert-OH is 1. The summed E-state index contributed by atoms with van der Waals surface area (Å²) in [6.07, 6.45) is -0.123. The zero-order valence-electron chi connectivity index (χ0n) is 25.0. The molecule has 5 rings (SSSR count). The van der Waals surface area contributed by atoms with Gasteiger partial charge in [0, 0.05) is 12.1 Å². The number of carbonyl (C=O) groups is 1. The molecule has 2 atom stereocenters. The van der Waals surface area contributed by atoms with Gasteiger partial charge in [0.1, 0.15) is 0 Å². The molecule has 0 saturated carbocycles. The van der Waals surface area contributed by atoms with Crippen molar-refractivity contribution >= 4 is 16.7 Å². The summed E-state index contributed by atoms with van der Waals surface area (Å²) in [5, 5.41) is 26.6. The Kier molecular flexibility index (Phi) is 9.37. The Morgan fingerprint density at radius 3 is 2.26 bits per heavy atom. The van der Waals surface area contributed by atoms with E-state index < -0.39 is 12.1 Å². The number of nitrogens with one attached hydrogen (secondary N) is 1. The molecule has 0 fully saturated rings. The van der Waals surface area contributed by atoms with Gasteiger partial charge in [0.25, 0.3) is 0 Å². The summed E-state index contributed by atoms with van der Waals surface area (Å²) >= 11 is 0. The molecule has 0 aliphatic heterocycles. The van der Waals surface area contributed by atoms with Crippen molar-refractivity contribution in [3.63, 3.8) is 0 Å². The number of β-amino-alcohol motifs (C(OH)–C–C–N with tert-alkyl or cyclic N) is 1. The molecule has 0 radical (unpaired) electrons. The molecule has 0 amide bonds. The summed E-state index contributed by atoms with van der Waals surface area (Å²) in [7, 11) is 0. The van der Waals surface area contributed by atoms with Crippen molar-refractivity contribution in [2.75, 3.05) is 13.2 Å². The van der Waals surface area contributed by atoms with E-state index >= 15 is 0 Å². The average Bonchev–Trinajstić information content (AvgIpc) is 3.02. The second-order valence-corrected chi connectivity index (χ2v) is 11.8. The normalized spacial score (nSPS) is 13.1. The molecule has 0 aliphatic carbocycles. The fourth-order valence-corrected chi connectivity index (χ4v) is 5.59. The molecule has 0 heterocycles. The van der Waals surface area contributed by atoms with E-state index in [1.807, 2.05) is 73.7 Å². The van der Waals surface area contributed by atoms with Gasteiger partial charge in [0.2, 0.25) is 0 Å². The van der Waals surface area contributed by atoms with Crippen LogP contribution in [0.3, 0.4) is 0 Å². The first-order chi connectivity index (χ1) is 20.7. The first-order valence-electron chi connectivity index (χ1n) is 14.7. The number of rotatable bonds is 12. The summed E-state index contributed by atoms with van der Waals surface area (Å²) < 4.78 is 6.18. The minimum absolute atomic E-state index is 0.182. The second kappa shape index (κ2) is 13.3. The van der Waals surface area contributed by atoms with Crippen LogP contribution in [0.1, 0.15) is 48.4 Å². The molecule has 0 saturated heterocycles. The predicted octanol–water partition coefficient (Wildman–Crippen LogP) is 7.92. The third-order valence-corrected chi connectivity index (χ3v) is 7.86. The lowest BCUT2D eigenvalue weighted by atomic mass is 9.91. The van der Waals surface area contributed by atoms with Crippen molar-refractivity contribution in [1.29, 1.82) is 0 Å². The number of carboxylic acids is 1. The highest BCUT2D eigenvalue weighted by molar-refractivity contribution is 5.97. The van der Waals surface area contributed by atoms with Crippen molar-refractivity contribution in [2.24, 2.45) is 0 Å². The van der Waals surface area contributed by atoms with E-state index in [4.69, 9.17) is 4.74 Å². The molecule has 3 N–H and O–H groups in total. The Morgan fingerprint density at radius 1 is 0.791 bits per heavy atom. The highest BCUT2D eigenvalue weighted by Crippen LogP contribution is 2.34. The summed E-state index contributed by atoms with van der Waals surface area (Å²) in [4.78, 5) is 12.0. The Bertz CT molecular complexity index is 1700. The van der Waals surface area contributed by atoms with Crippen LogP contribution in [0.2, 0.25) is 0 Å². The Hall–Kier alpha value is -4.29. The van der Waals surface area contributed by atoms with Gasteiger partial charge in [-0.2, -0.15) is 0 Å². The minimum Gasteiger partial charge on any atom is -0.478 e. The summed E-state index contributed by atoms with van der Waals surface area (Å²) in [5.41, 5.74) is 5.67. The monoisotopic (exact) mass is 573 g/mol. The van der Waals surface area contributed by atoms with Gasteiger partial charge < -0.3 is 20.3 Å². The lowest BCUT2D eigenvalue weighted by Crippen LogP contribution is -2.46.